The second-order valence-electron chi connectivity index (χ2n) is 3.72. The first kappa shape index (κ1) is 13.1. The minimum Gasteiger partial charge on any atom is -0.393 e. The van der Waals surface area contributed by atoms with Crippen molar-refractivity contribution in [1.29, 1.82) is 0 Å². The number of aromatic nitrogens is 2. The van der Waals surface area contributed by atoms with E-state index in [0.29, 0.717) is 5.75 Å². The number of hydrogen-bond acceptors (Lipinski definition) is 6. The van der Waals surface area contributed by atoms with Gasteiger partial charge in [-0.25, -0.2) is 4.79 Å². The second-order valence-corrected chi connectivity index (χ2v) is 4.91. The van der Waals surface area contributed by atoms with Crippen molar-refractivity contribution in [3.8, 4) is 0 Å². The molecule has 0 saturated carbocycles. The topological polar surface area (TPSA) is 93.5 Å². The molecule has 1 amide bonds. The van der Waals surface area contributed by atoms with Gasteiger partial charge < -0.3 is 15.2 Å². The highest BCUT2D eigenvalue weighted by molar-refractivity contribution is 8.00. The molecule has 0 radical (unpaired) electrons. The first-order chi connectivity index (χ1) is 8.60. The Hall–Kier alpha value is -1.38. The zero-order valence-corrected chi connectivity index (χ0v) is 10.5. The fourth-order valence-corrected chi connectivity index (χ4v) is 2.50. The molecule has 7 nitrogen and oxygen atoms in total. The fourth-order valence-electron chi connectivity index (χ4n) is 1.57. The van der Waals surface area contributed by atoms with Gasteiger partial charge in [0.15, 0.2) is 0 Å². The van der Waals surface area contributed by atoms with Crippen LogP contribution in [0.5, 0.6) is 0 Å². The molecule has 0 aliphatic carbocycles. The molecule has 1 fully saturated rings. The van der Waals surface area contributed by atoms with E-state index in [9.17, 15) is 9.59 Å². The van der Waals surface area contributed by atoms with Crippen molar-refractivity contribution in [3.63, 3.8) is 0 Å². The van der Waals surface area contributed by atoms with Gasteiger partial charge in [0, 0.05) is 18.9 Å². The molecular formula is C10H13N3O4S. The summed E-state index contributed by atoms with van der Waals surface area (Å²) in [4.78, 5) is 26.3. The van der Waals surface area contributed by atoms with Crippen LogP contribution in [0.3, 0.4) is 0 Å². The third-order valence-electron chi connectivity index (χ3n) is 2.33. The maximum atomic E-state index is 11.8. The number of nitrogens with one attached hydrogen (secondary N) is 1. The molecule has 8 heteroatoms. The maximum Gasteiger partial charge on any atom is 0.351 e. The number of aliphatic hydroxyl groups is 1. The van der Waals surface area contributed by atoms with Crippen LogP contribution in [-0.4, -0.2) is 38.4 Å². The Balaban J connectivity index is 2.15. The third kappa shape index (κ3) is 2.89. The largest absolute Gasteiger partial charge is 0.393 e. The molecule has 0 aromatic carbocycles. The SMILES string of the molecule is CC(=O)Nc1ccn([C@@H]2CS[C@@H](CO)O2)c(=O)n1. The highest BCUT2D eigenvalue weighted by Crippen LogP contribution is 2.30. The van der Waals surface area contributed by atoms with E-state index < -0.39 is 11.9 Å². The highest BCUT2D eigenvalue weighted by Gasteiger charge is 2.27. The summed E-state index contributed by atoms with van der Waals surface area (Å²) >= 11 is 1.44. The number of aliphatic hydroxyl groups excluding tert-OH is 1. The van der Waals surface area contributed by atoms with Crippen LogP contribution in [0.4, 0.5) is 5.82 Å². The van der Waals surface area contributed by atoms with Crippen LogP contribution < -0.4 is 11.0 Å². The highest BCUT2D eigenvalue weighted by atomic mass is 32.2. The van der Waals surface area contributed by atoms with E-state index in [1.165, 1.54) is 35.5 Å². The first-order valence-corrected chi connectivity index (χ1v) is 6.39. The number of thioether (sulfide) groups is 1. The van der Waals surface area contributed by atoms with E-state index in [1.807, 2.05) is 0 Å². The van der Waals surface area contributed by atoms with Gasteiger partial charge in [0.05, 0.1) is 6.61 Å². The molecule has 1 aliphatic heterocycles. The summed E-state index contributed by atoms with van der Waals surface area (Å²) in [5.74, 6) is 0.507. The van der Waals surface area contributed by atoms with E-state index in [0.717, 1.165) is 0 Å². The van der Waals surface area contributed by atoms with E-state index in [2.05, 4.69) is 10.3 Å². The van der Waals surface area contributed by atoms with Gasteiger partial charge in [-0.2, -0.15) is 4.98 Å². The van der Waals surface area contributed by atoms with Crippen molar-refractivity contribution < 1.29 is 14.6 Å². The molecule has 1 aromatic heterocycles. The molecule has 1 aromatic rings. The predicted molar refractivity (Wildman–Crippen MR) is 66.3 cm³/mol. The van der Waals surface area contributed by atoms with Crippen LogP contribution in [-0.2, 0) is 9.53 Å². The van der Waals surface area contributed by atoms with Crippen LogP contribution in [0.25, 0.3) is 0 Å². The molecule has 0 spiro atoms. The smallest absolute Gasteiger partial charge is 0.351 e. The van der Waals surface area contributed by atoms with Crippen LogP contribution in [0.15, 0.2) is 17.1 Å². The zero-order valence-electron chi connectivity index (χ0n) is 9.70. The van der Waals surface area contributed by atoms with Gasteiger partial charge in [0.25, 0.3) is 0 Å². The lowest BCUT2D eigenvalue weighted by Gasteiger charge is -2.13. The molecule has 2 N–H and O–H groups in total. The fraction of sp³-hybridized carbons (Fsp3) is 0.500. The average Bonchev–Trinajstić information content (AvgIpc) is 2.76. The summed E-state index contributed by atoms with van der Waals surface area (Å²) < 4.78 is 6.79. The minimum atomic E-state index is -0.495. The molecule has 0 bridgehead atoms. The van der Waals surface area contributed by atoms with Crippen molar-refractivity contribution in [2.45, 2.75) is 18.6 Å². The van der Waals surface area contributed by atoms with Gasteiger partial charge in [0.1, 0.15) is 17.5 Å². The van der Waals surface area contributed by atoms with Crippen molar-refractivity contribution in [1.82, 2.24) is 9.55 Å². The zero-order chi connectivity index (χ0) is 13.1. The van der Waals surface area contributed by atoms with Gasteiger partial charge in [-0.3, -0.25) is 9.36 Å². The standard InChI is InChI=1S/C10H13N3O4S/c1-6(15)11-7-2-3-13(10(16)12-7)8-5-18-9(4-14)17-8/h2-3,8-9,14H,4-5H2,1H3,(H,11,12,15,16)/t8-,9-/m0/s1. The number of amides is 1. The maximum absolute atomic E-state index is 11.8. The summed E-state index contributed by atoms with van der Waals surface area (Å²) in [5.41, 5.74) is -0.803. The van der Waals surface area contributed by atoms with Gasteiger partial charge >= 0.3 is 5.69 Å². The monoisotopic (exact) mass is 271 g/mol. The average molecular weight is 271 g/mol. The molecule has 2 rings (SSSR count). The quantitative estimate of drug-likeness (QED) is 0.789. The van der Waals surface area contributed by atoms with Crippen LogP contribution in [0.1, 0.15) is 13.2 Å². The second kappa shape index (κ2) is 5.51. The lowest BCUT2D eigenvalue weighted by Crippen LogP contribution is -2.29. The molecule has 1 saturated heterocycles. The number of nitrogens with zero attached hydrogens (tertiary/aromatic N) is 2. The summed E-state index contributed by atoms with van der Waals surface area (Å²) in [6.45, 7) is 1.25. The van der Waals surface area contributed by atoms with Crippen molar-refractivity contribution in [2.75, 3.05) is 17.7 Å². The van der Waals surface area contributed by atoms with Crippen LogP contribution in [0.2, 0.25) is 0 Å². The lowest BCUT2D eigenvalue weighted by atomic mass is 10.5. The van der Waals surface area contributed by atoms with E-state index in [4.69, 9.17) is 9.84 Å². The van der Waals surface area contributed by atoms with Gasteiger partial charge in [-0.05, 0) is 6.07 Å². The third-order valence-corrected chi connectivity index (χ3v) is 3.44. The molecule has 2 heterocycles. The molecular weight excluding hydrogens is 258 g/mol. The number of anilines is 1. The summed E-state index contributed by atoms with van der Waals surface area (Å²) in [7, 11) is 0. The Labute approximate surface area is 107 Å². The van der Waals surface area contributed by atoms with Gasteiger partial charge in [0.2, 0.25) is 5.91 Å². The molecule has 1 aliphatic rings. The number of carbonyl (C=O) groups is 1. The van der Waals surface area contributed by atoms with Crippen LogP contribution >= 0.6 is 11.8 Å². The van der Waals surface area contributed by atoms with E-state index in [-0.39, 0.29) is 23.8 Å². The Kier molecular flexibility index (Phi) is 4.00. The van der Waals surface area contributed by atoms with Crippen molar-refractivity contribution in [3.05, 3.63) is 22.7 Å². The van der Waals surface area contributed by atoms with Crippen LogP contribution in [0, 0.1) is 0 Å². The molecule has 98 valence electrons. The first-order valence-electron chi connectivity index (χ1n) is 5.35. The van der Waals surface area contributed by atoms with Gasteiger partial charge in [-0.15, -0.1) is 11.8 Å². The number of rotatable bonds is 3. The number of ether oxygens (including phenoxy) is 1. The van der Waals surface area contributed by atoms with Crippen molar-refractivity contribution >= 4 is 23.5 Å². The van der Waals surface area contributed by atoms with Crippen molar-refractivity contribution in [2.24, 2.45) is 0 Å². The Bertz CT molecular complexity index is 504. The summed E-state index contributed by atoms with van der Waals surface area (Å²) in [6.07, 6.45) is 1.09. The predicted octanol–water partition coefficient (Wildman–Crippen LogP) is -0.218. The minimum absolute atomic E-state index is 0.0900. The lowest BCUT2D eigenvalue weighted by molar-refractivity contribution is -0.114. The summed E-state index contributed by atoms with van der Waals surface area (Å²) in [6, 6.07) is 1.53. The number of carbonyl (C=O) groups excluding carboxylic acids is 1. The Morgan fingerprint density at radius 3 is 3.11 bits per heavy atom. The Morgan fingerprint density at radius 1 is 1.78 bits per heavy atom. The van der Waals surface area contributed by atoms with E-state index in [1.54, 1.807) is 0 Å². The Morgan fingerprint density at radius 2 is 2.56 bits per heavy atom. The molecule has 18 heavy (non-hydrogen) atoms. The molecule has 2 atom stereocenters. The number of hydrogen-bond donors (Lipinski definition) is 2. The van der Waals surface area contributed by atoms with E-state index >= 15 is 0 Å². The summed E-state index contributed by atoms with van der Waals surface area (Å²) in [5, 5.41) is 11.4. The van der Waals surface area contributed by atoms with Gasteiger partial charge in [-0.1, -0.05) is 0 Å². The normalized spacial score (nSPS) is 23.0. The molecule has 0 unspecified atom stereocenters.